The van der Waals surface area contributed by atoms with Crippen molar-refractivity contribution in [3.05, 3.63) is 40.4 Å². The first-order valence-electron chi connectivity index (χ1n) is 9.55. The number of carbonyl (C=O) groups is 1. The molecule has 8 nitrogen and oxygen atoms in total. The van der Waals surface area contributed by atoms with Crippen LogP contribution in [0.15, 0.2) is 29.1 Å². The Hall–Kier alpha value is -2.26. The van der Waals surface area contributed by atoms with E-state index in [4.69, 9.17) is 0 Å². The third-order valence-corrected chi connectivity index (χ3v) is 7.10. The summed E-state index contributed by atoms with van der Waals surface area (Å²) in [6.45, 7) is 4.26. The van der Waals surface area contributed by atoms with Gasteiger partial charge in [-0.2, -0.15) is 0 Å². The number of hydrogen-bond donors (Lipinski definition) is 1. The number of piperidine rings is 1. The zero-order chi connectivity index (χ0) is 20.3. The van der Waals surface area contributed by atoms with Crippen molar-refractivity contribution < 1.29 is 13.2 Å². The molecule has 2 aromatic rings. The van der Waals surface area contributed by atoms with Gasteiger partial charge in [0.25, 0.3) is 5.56 Å². The topological polar surface area (TPSA) is 101 Å². The summed E-state index contributed by atoms with van der Waals surface area (Å²) < 4.78 is 27.1. The van der Waals surface area contributed by atoms with E-state index in [0.717, 1.165) is 0 Å². The maximum Gasteiger partial charge on any atom is 0.261 e. The fraction of sp³-hybridized carbons (Fsp3) is 0.526. The number of benzene rings is 1. The van der Waals surface area contributed by atoms with Gasteiger partial charge in [0.1, 0.15) is 12.4 Å². The standard InChI is InChI=1S/C19H26N4O4S/c1-3-12-28(26,27)22-10-8-15(9-11-22)21-18(24)13-23-14(2)20-17-7-5-4-6-16(17)19(23)25/h4-7,15H,3,8-13H2,1-2H3,(H,21,24). The van der Waals surface area contributed by atoms with Crippen LogP contribution in [0.5, 0.6) is 0 Å². The number of para-hydroxylation sites is 1. The van der Waals surface area contributed by atoms with E-state index in [1.807, 2.05) is 13.0 Å². The molecule has 0 unspecified atom stereocenters. The third-order valence-electron chi connectivity index (χ3n) is 5.03. The normalized spacial score (nSPS) is 16.4. The van der Waals surface area contributed by atoms with E-state index in [9.17, 15) is 18.0 Å². The highest BCUT2D eigenvalue weighted by Gasteiger charge is 2.28. The summed E-state index contributed by atoms with van der Waals surface area (Å²) in [6.07, 6.45) is 1.73. The second kappa shape index (κ2) is 8.40. The Morgan fingerprint density at radius 2 is 1.93 bits per heavy atom. The summed E-state index contributed by atoms with van der Waals surface area (Å²) in [6, 6.07) is 6.97. The van der Waals surface area contributed by atoms with Crippen LogP contribution in [0.2, 0.25) is 0 Å². The van der Waals surface area contributed by atoms with Crippen molar-refractivity contribution in [2.24, 2.45) is 0 Å². The van der Waals surface area contributed by atoms with Gasteiger partial charge in [0, 0.05) is 19.1 Å². The van der Waals surface area contributed by atoms with Gasteiger partial charge in [-0.3, -0.25) is 14.2 Å². The second-order valence-corrected chi connectivity index (χ2v) is 9.21. The van der Waals surface area contributed by atoms with Crippen LogP contribution in [0.3, 0.4) is 0 Å². The van der Waals surface area contributed by atoms with Crippen molar-refractivity contribution in [2.45, 2.75) is 45.7 Å². The molecule has 0 aliphatic carbocycles. The Balaban J connectivity index is 1.63. The summed E-state index contributed by atoms with van der Waals surface area (Å²) in [7, 11) is -3.20. The van der Waals surface area contributed by atoms with Crippen LogP contribution in [-0.4, -0.2) is 53.1 Å². The van der Waals surface area contributed by atoms with Gasteiger partial charge in [0.05, 0.1) is 16.7 Å². The number of aryl methyl sites for hydroxylation is 1. The fourth-order valence-corrected chi connectivity index (χ4v) is 5.09. The van der Waals surface area contributed by atoms with Gasteiger partial charge in [-0.25, -0.2) is 17.7 Å². The lowest BCUT2D eigenvalue weighted by atomic mass is 10.1. The third kappa shape index (κ3) is 4.41. The predicted molar refractivity (Wildman–Crippen MR) is 108 cm³/mol. The second-order valence-electron chi connectivity index (χ2n) is 7.12. The molecule has 2 heterocycles. The molecular weight excluding hydrogens is 380 g/mol. The maximum atomic E-state index is 12.7. The first kappa shape index (κ1) is 20.5. The highest BCUT2D eigenvalue weighted by atomic mass is 32.2. The summed E-state index contributed by atoms with van der Waals surface area (Å²) in [5, 5.41) is 3.41. The molecule has 1 fully saturated rings. The molecule has 3 rings (SSSR count). The minimum Gasteiger partial charge on any atom is -0.352 e. The smallest absolute Gasteiger partial charge is 0.261 e. The lowest BCUT2D eigenvalue weighted by Gasteiger charge is -2.31. The van der Waals surface area contributed by atoms with Gasteiger partial charge < -0.3 is 5.32 Å². The molecule has 1 aromatic carbocycles. The van der Waals surface area contributed by atoms with E-state index in [2.05, 4.69) is 10.3 Å². The molecule has 1 aliphatic rings. The summed E-state index contributed by atoms with van der Waals surface area (Å²) in [5.41, 5.74) is 0.376. The van der Waals surface area contributed by atoms with Gasteiger partial charge in [0.15, 0.2) is 0 Å². The number of amides is 1. The fourth-order valence-electron chi connectivity index (χ4n) is 3.55. The zero-order valence-corrected chi connectivity index (χ0v) is 17.0. The summed E-state index contributed by atoms with van der Waals surface area (Å²) in [4.78, 5) is 29.5. The van der Waals surface area contributed by atoms with Crippen LogP contribution < -0.4 is 10.9 Å². The quantitative estimate of drug-likeness (QED) is 0.772. The van der Waals surface area contributed by atoms with Crippen LogP contribution in [0.4, 0.5) is 0 Å². The molecule has 0 bridgehead atoms. The molecule has 9 heteroatoms. The maximum absolute atomic E-state index is 12.7. The van der Waals surface area contributed by atoms with Gasteiger partial charge in [-0.05, 0) is 38.3 Å². The predicted octanol–water partition coefficient (Wildman–Crippen LogP) is 1.03. The van der Waals surface area contributed by atoms with E-state index >= 15 is 0 Å². The molecular formula is C19H26N4O4S. The van der Waals surface area contributed by atoms with Crippen LogP contribution in [-0.2, 0) is 21.4 Å². The van der Waals surface area contributed by atoms with Crippen molar-refractivity contribution >= 4 is 26.8 Å². The summed E-state index contributed by atoms with van der Waals surface area (Å²) in [5.74, 6) is 0.373. The zero-order valence-electron chi connectivity index (χ0n) is 16.2. The van der Waals surface area contributed by atoms with Crippen LogP contribution in [0.25, 0.3) is 10.9 Å². The van der Waals surface area contributed by atoms with Crippen molar-refractivity contribution in [3.8, 4) is 0 Å². The van der Waals surface area contributed by atoms with Crippen molar-refractivity contribution in [1.82, 2.24) is 19.2 Å². The number of hydrogen-bond acceptors (Lipinski definition) is 5. The molecule has 0 spiro atoms. The first-order valence-corrected chi connectivity index (χ1v) is 11.2. The molecule has 1 saturated heterocycles. The van der Waals surface area contributed by atoms with Crippen LogP contribution in [0.1, 0.15) is 32.0 Å². The van der Waals surface area contributed by atoms with Gasteiger partial charge in [-0.1, -0.05) is 19.1 Å². The Kier molecular flexibility index (Phi) is 6.14. The first-order chi connectivity index (χ1) is 13.3. The molecule has 0 atom stereocenters. The Morgan fingerprint density at radius 3 is 2.61 bits per heavy atom. The number of nitrogens with one attached hydrogen (secondary N) is 1. The Labute approximate surface area is 164 Å². The van der Waals surface area contributed by atoms with E-state index in [0.29, 0.717) is 49.1 Å². The number of carbonyl (C=O) groups excluding carboxylic acids is 1. The molecule has 1 amide bonds. The van der Waals surface area contributed by atoms with Crippen molar-refractivity contribution in [3.63, 3.8) is 0 Å². The SMILES string of the molecule is CCCS(=O)(=O)N1CCC(NC(=O)Cn2c(C)nc3ccccc3c2=O)CC1. The minimum atomic E-state index is -3.20. The van der Waals surface area contributed by atoms with Gasteiger partial charge >= 0.3 is 0 Å². The molecule has 0 saturated carbocycles. The highest BCUT2D eigenvalue weighted by Crippen LogP contribution is 2.15. The van der Waals surface area contributed by atoms with Gasteiger partial charge in [0.2, 0.25) is 15.9 Å². The van der Waals surface area contributed by atoms with E-state index in [-0.39, 0.29) is 29.8 Å². The number of fused-ring (bicyclic) bond motifs is 1. The number of sulfonamides is 1. The van der Waals surface area contributed by atoms with Crippen LogP contribution >= 0.6 is 0 Å². The number of nitrogens with zero attached hydrogens (tertiary/aromatic N) is 3. The molecule has 1 N–H and O–H groups in total. The lowest BCUT2D eigenvalue weighted by Crippen LogP contribution is -2.48. The van der Waals surface area contributed by atoms with E-state index < -0.39 is 10.0 Å². The average Bonchev–Trinajstić information content (AvgIpc) is 2.65. The molecule has 1 aromatic heterocycles. The van der Waals surface area contributed by atoms with Crippen molar-refractivity contribution in [2.75, 3.05) is 18.8 Å². The molecule has 0 radical (unpaired) electrons. The highest BCUT2D eigenvalue weighted by molar-refractivity contribution is 7.89. The summed E-state index contributed by atoms with van der Waals surface area (Å²) >= 11 is 0. The Bertz CT molecular complexity index is 1020. The molecule has 28 heavy (non-hydrogen) atoms. The largest absolute Gasteiger partial charge is 0.352 e. The monoisotopic (exact) mass is 406 g/mol. The molecule has 1 aliphatic heterocycles. The molecule has 152 valence electrons. The lowest BCUT2D eigenvalue weighted by molar-refractivity contribution is -0.122. The van der Waals surface area contributed by atoms with Crippen LogP contribution in [0, 0.1) is 6.92 Å². The van der Waals surface area contributed by atoms with Gasteiger partial charge in [-0.15, -0.1) is 0 Å². The van der Waals surface area contributed by atoms with E-state index in [1.54, 1.807) is 25.1 Å². The minimum absolute atomic E-state index is 0.0926. The van der Waals surface area contributed by atoms with E-state index in [1.165, 1.54) is 8.87 Å². The van der Waals surface area contributed by atoms with Crippen molar-refractivity contribution in [1.29, 1.82) is 0 Å². The average molecular weight is 407 g/mol. The number of rotatable bonds is 6. The number of aromatic nitrogens is 2. The Morgan fingerprint density at radius 1 is 1.25 bits per heavy atom.